The Morgan fingerprint density at radius 3 is 1.09 bits per heavy atom. The Kier molecular flexibility index (Phi) is 50.3. The number of allylic oxidation sites excluding steroid dienone is 5. The average Bonchev–Trinajstić information content (AvgIpc) is 0.839. The molecule has 3 rings (SSSR count). The SMILES string of the molecule is CCCCCCCCCCCCCCC/C=C/CC/C=C/CC/C=C/C(O)C(COC1OC(CO)C(OC2OC(CO)C(OC3OC(CO)C(O)C(O)C3O)C(O)C2O)C(O)C1O)NC(=O)CCCCCCCCCCCCCCCCCCCCCCCCCC. The Balaban J connectivity index is 1.43. The largest absolute Gasteiger partial charge is 0.394 e. The summed E-state index contributed by atoms with van der Waals surface area (Å²) in [4.78, 5) is 13.4. The van der Waals surface area contributed by atoms with Crippen LogP contribution in [0.3, 0.4) is 0 Å². The summed E-state index contributed by atoms with van der Waals surface area (Å²) in [7, 11) is 0. The number of carbonyl (C=O) groups is 1. The van der Waals surface area contributed by atoms with Crippen LogP contribution in [0.25, 0.3) is 0 Å². The zero-order valence-corrected chi connectivity index (χ0v) is 57.3. The molecule has 92 heavy (non-hydrogen) atoms. The second-order valence-corrected chi connectivity index (χ2v) is 26.7. The summed E-state index contributed by atoms with van der Waals surface area (Å²) >= 11 is 0. The van der Waals surface area contributed by atoms with E-state index in [-0.39, 0.29) is 18.9 Å². The molecular formula is C73H135NO18. The number of unbranched alkanes of at least 4 members (excludes halogenated alkanes) is 38. The number of ether oxygens (including phenoxy) is 6. The van der Waals surface area contributed by atoms with Crippen molar-refractivity contribution in [2.45, 2.75) is 394 Å². The predicted octanol–water partition coefficient (Wildman–Crippen LogP) is 10.8. The summed E-state index contributed by atoms with van der Waals surface area (Å²) < 4.78 is 34.4. The Morgan fingerprint density at radius 2 is 0.696 bits per heavy atom. The van der Waals surface area contributed by atoms with Crippen molar-refractivity contribution in [3.05, 3.63) is 36.5 Å². The number of carbonyl (C=O) groups excluding carboxylic acids is 1. The summed E-state index contributed by atoms with van der Waals surface area (Å²) in [5.41, 5.74) is 0. The van der Waals surface area contributed by atoms with Crippen molar-refractivity contribution >= 4 is 5.91 Å². The lowest BCUT2D eigenvalue weighted by Crippen LogP contribution is -2.66. The molecule has 1 amide bonds. The lowest BCUT2D eigenvalue weighted by atomic mass is 9.96. The Labute approximate surface area is 555 Å². The van der Waals surface area contributed by atoms with Crippen LogP contribution in [0, 0.1) is 0 Å². The molecule has 0 aromatic carbocycles. The zero-order valence-electron chi connectivity index (χ0n) is 57.3. The monoisotopic (exact) mass is 1310 g/mol. The van der Waals surface area contributed by atoms with Crippen LogP contribution in [0.15, 0.2) is 36.5 Å². The van der Waals surface area contributed by atoms with Gasteiger partial charge in [0.05, 0.1) is 38.6 Å². The van der Waals surface area contributed by atoms with Crippen molar-refractivity contribution < 1.29 is 89.4 Å². The van der Waals surface area contributed by atoms with Crippen LogP contribution in [0.5, 0.6) is 0 Å². The number of hydrogen-bond donors (Lipinski definition) is 12. The summed E-state index contributed by atoms with van der Waals surface area (Å²) in [6.45, 7) is 1.75. The third-order valence-electron chi connectivity index (χ3n) is 18.7. The number of rotatable bonds is 58. The molecule has 3 aliphatic heterocycles. The minimum atomic E-state index is -1.98. The van der Waals surface area contributed by atoms with Gasteiger partial charge >= 0.3 is 0 Å². The second-order valence-electron chi connectivity index (χ2n) is 26.7. The maximum absolute atomic E-state index is 13.4. The maximum atomic E-state index is 13.4. The number of hydrogen-bond acceptors (Lipinski definition) is 18. The molecule has 0 aromatic rings. The first-order valence-corrected chi connectivity index (χ1v) is 37.2. The Bertz CT molecular complexity index is 1810. The molecule has 3 fully saturated rings. The van der Waals surface area contributed by atoms with Crippen LogP contribution in [-0.2, 0) is 33.2 Å². The lowest BCUT2D eigenvalue weighted by Gasteiger charge is -2.48. The van der Waals surface area contributed by atoms with E-state index in [4.69, 9.17) is 28.4 Å². The van der Waals surface area contributed by atoms with Crippen molar-refractivity contribution in [1.29, 1.82) is 0 Å². The summed E-state index contributed by atoms with van der Waals surface area (Å²) in [5.74, 6) is -0.284. The molecule has 0 saturated carbocycles. The summed E-state index contributed by atoms with van der Waals surface area (Å²) in [6.07, 6.45) is 38.4. The van der Waals surface area contributed by atoms with Crippen LogP contribution in [0.4, 0.5) is 0 Å². The van der Waals surface area contributed by atoms with Crippen molar-refractivity contribution in [1.82, 2.24) is 5.32 Å². The topological polar surface area (TPSA) is 307 Å². The van der Waals surface area contributed by atoms with Gasteiger partial charge in [0.1, 0.15) is 73.2 Å². The van der Waals surface area contributed by atoms with Crippen LogP contribution in [-0.4, -0.2) is 193 Å². The first-order valence-electron chi connectivity index (χ1n) is 37.2. The molecule has 0 aliphatic carbocycles. The highest BCUT2D eigenvalue weighted by molar-refractivity contribution is 5.76. The Morgan fingerprint density at radius 1 is 0.380 bits per heavy atom. The molecule has 540 valence electrons. The van der Waals surface area contributed by atoms with Crippen LogP contribution < -0.4 is 5.32 Å². The van der Waals surface area contributed by atoms with Crippen molar-refractivity contribution in [3.8, 4) is 0 Å². The van der Waals surface area contributed by atoms with Gasteiger partial charge in [0.25, 0.3) is 0 Å². The fourth-order valence-electron chi connectivity index (χ4n) is 12.6. The van der Waals surface area contributed by atoms with Crippen LogP contribution in [0.1, 0.15) is 290 Å². The van der Waals surface area contributed by atoms with Gasteiger partial charge in [-0.25, -0.2) is 0 Å². The maximum Gasteiger partial charge on any atom is 0.220 e. The molecule has 0 aromatic heterocycles. The molecular weight excluding hydrogens is 1180 g/mol. The van der Waals surface area contributed by atoms with Gasteiger partial charge in [-0.05, 0) is 44.9 Å². The predicted molar refractivity (Wildman–Crippen MR) is 360 cm³/mol. The molecule has 3 saturated heterocycles. The van der Waals surface area contributed by atoms with E-state index in [0.29, 0.717) is 12.8 Å². The summed E-state index contributed by atoms with van der Waals surface area (Å²) in [6, 6.07) is -0.995. The normalized spacial score (nSPS) is 27.9. The smallest absolute Gasteiger partial charge is 0.220 e. The van der Waals surface area contributed by atoms with Gasteiger partial charge in [0.15, 0.2) is 18.9 Å². The molecule has 0 spiro atoms. The van der Waals surface area contributed by atoms with Gasteiger partial charge in [0, 0.05) is 6.42 Å². The van der Waals surface area contributed by atoms with E-state index in [9.17, 15) is 61.0 Å². The first-order chi connectivity index (χ1) is 44.8. The minimum absolute atomic E-state index is 0.236. The van der Waals surface area contributed by atoms with Gasteiger partial charge in [-0.1, -0.05) is 275 Å². The van der Waals surface area contributed by atoms with E-state index >= 15 is 0 Å². The van der Waals surface area contributed by atoms with E-state index in [1.807, 2.05) is 6.08 Å². The molecule has 12 N–H and O–H groups in total. The van der Waals surface area contributed by atoms with Crippen molar-refractivity contribution in [2.75, 3.05) is 26.4 Å². The van der Waals surface area contributed by atoms with Crippen LogP contribution >= 0.6 is 0 Å². The van der Waals surface area contributed by atoms with Gasteiger partial charge in [-0.3, -0.25) is 4.79 Å². The summed E-state index contributed by atoms with van der Waals surface area (Å²) in [5, 5.41) is 121. The van der Waals surface area contributed by atoms with Gasteiger partial charge in [-0.2, -0.15) is 0 Å². The molecule has 19 heteroatoms. The highest BCUT2D eigenvalue weighted by Gasteiger charge is 2.53. The number of aliphatic hydroxyl groups excluding tert-OH is 11. The standard InChI is InChI=1S/C73H135NO18/c1-3-5-7-9-11-13-15-17-19-21-23-25-27-29-31-33-35-37-39-41-43-45-47-49-51-61(79)74-56(57(78)50-48-46-44-42-40-38-36-34-32-30-28-26-24-22-20-18-16-14-12-10-8-6-4-2)55-87-71-67(85)64(82)69(59(53-76)89-71)92-73-68(86)65(83)70(60(54-77)90-73)91-72-66(84)63(81)62(80)58(52-75)88-72/h32,34,40,42,48,50,56-60,62-73,75-78,80-86H,3-31,33,35-39,41,43-47,49,51-55H2,1-2H3,(H,74,79)/b34-32+,42-40+,50-48+. The van der Waals surface area contributed by atoms with E-state index in [1.54, 1.807) is 6.08 Å². The molecule has 0 bridgehead atoms. The van der Waals surface area contributed by atoms with Crippen molar-refractivity contribution in [2.24, 2.45) is 0 Å². The zero-order chi connectivity index (χ0) is 66.8. The third kappa shape index (κ3) is 36.0. The molecule has 3 heterocycles. The van der Waals surface area contributed by atoms with Gasteiger partial charge < -0.3 is 89.9 Å². The molecule has 19 nitrogen and oxygen atoms in total. The first kappa shape index (κ1) is 84.2. The highest BCUT2D eigenvalue weighted by atomic mass is 16.8. The number of nitrogens with one attached hydrogen (secondary N) is 1. The van der Waals surface area contributed by atoms with Crippen molar-refractivity contribution in [3.63, 3.8) is 0 Å². The second kappa shape index (κ2) is 55.0. The quantitative estimate of drug-likeness (QED) is 0.0199. The fourth-order valence-corrected chi connectivity index (χ4v) is 12.6. The number of amides is 1. The average molecular weight is 1310 g/mol. The minimum Gasteiger partial charge on any atom is -0.394 e. The molecule has 3 aliphatic rings. The molecule has 0 radical (unpaired) electrons. The third-order valence-corrected chi connectivity index (χ3v) is 18.7. The highest BCUT2D eigenvalue weighted by Crippen LogP contribution is 2.33. The van der Waals surface area contributed by atoms with E-state index in [1.165, 1.54) is 212 Å². The van der Waals surface area contributed by atoms with Gasteiger partial charge in [0.2, 0.25) is 5.91 Å². The van der Waals surface area contributed by atoms with Crippen LogP contribution in [0.2, 0.25) is 0 Å². The van der Waals surface area contributed by atoms with E-state index in [0.717, 1.165) is 44.9 Å². The Hall–Kier alpha value is -1.99. The van der Waals surface area contributed by atoms with E-state index in [2.05, 4.69) is 43.5 Å². The fraction of sp³-hybridized carbons (Fsp3) is 0.904. The molecule has 17 atom stereocenters. The van der Waals surface area contributed by atoms with Gasteiger partial charge in [-0.15, -0.1) is 0 Å². The van der Waals surface area contributed by atoms with E-state index < -0.39 is 124 Å². The lowest BCUT2D eigenvalue weighted by molar-refractivity contribution is -0.379. The molecule has 17 unspecified atom stereocenters. The number of aliphatic hydroxyl groups is 11.